The number of hydrogen-bond donors (Lipinski definition) is 2. The SMILES string of the molecule is O=C(CCN1CCOCC1)Nc1sc2c(c1C(=O)Nc1ccc(Br)cc1)CCC2. The number of carbonyl (C=O) groups is 2. The molecule has 0 radical (unpaired) electrons. The van der Waals surface area contributed by atoms with Crippen LogP contribution >= 0.6 is 27.3 Å². The van der Waals surface area contributed by atoms with Gasteiger partial charge in [-0.25, -0.2) is 0 Å². The number of ether oxygens (including phenoxy) is 1. The monoisotopic (exact) mass is 477 g/mol. The summed E-state index contributed by atoms with van der Waals surface area (Å²) in [6, 6.07) is 7.49. The van der Waals surface area contributed by atoms with Gasteiger partial charge in [0, 0.05) is 41.1 Å². The van der Waals surface area contributed by atoms with E-state index in [2.05, 4.69) is 31.5 Å². The predicted octanol–water partition coefficient (Wildman–Crippen LogP) is 3.91. The predicted molar refractivity (Wildman–Crippen MR) is 119 cm³/mol. The molecule has 1 aromatic carbocycles. The van der Waals surface area contributed by atoms with Crippen LogP contribution in [0.3, 0.4) is 0 Å². The summed E-state index contributed by atoms with van der Waals surface area (Å²) in [4.78, 5) is 29.0. The lowest BCUT2D eigenvalue weighted by molar-refractivity contribution is -0.116. The van der Waals surface area contributed by atoms with Crippen LogP contribution in [0.1, 0.15) is 33.6 Å². The van der Waals surface area contributed by atoms with Crippen molar-refractivity contribution in [2.45, 2.75) is 25.7 Å². The summed E-state index contributed by atoms with van der Waals surface area (Å²) < 4.78 is 6.31. The number of anilines is 2. The van der Waals surface area contributed by atoms with Crippen LogP contribution in [0.2, 0.25) is 0 Å². The van der Waals surface area contributed by atoms with Gasteiger partial charge in [0.1, 0.15) is 5.00 Å². The van der Waals surface area contributed by atoms with Crippen molar-refractivity contribution >= 4 is 49.8 Å². The Bertz CT molecular complexity index is 891. The number of morpholine rings is 1. The van der Waals surface area contributed by atoms with E-state index < -0.39 is 0 Å². The Hall–Kier alpha value is -1.74. The second-order valence-electron chi connectivity index (χ2n) is 7.27. The van der Waals surface area contributed by atoms with E-state index in [9.17, 15) is 9.59 Å². The van der Waals surface area contributed by atoms with Crippen molar-refractivity contribution in [1.82, 2.24) is 4.90 Å². The van der Waals surface area contributed by atoms with Gasteiger partial charge < -0.3 is 15.4 Å². The number of benzene rings is 1. The number of fused-ring (bicyclic) bond motifs is 1. The van der Waals surface area contributed by atoms with Gasteiger partial charge in [0.25, 0.3) is 5.91 Å². The van der Waals surface area contributed by atoms with Crippen LogP contribution in [0.5, 0.6) is 0 Å². The van der Waals surface area contributed by atoms with Crippen LogP contribution in [-0.4, -0.2) is 49.6 Å². The third-order valence-electron chi connectivity index (χ3n) is 5.26. The zero-order valence-corrected chi connectivity index (χ0v) is 18.5. The molecule has 2 N–H and O–H groups in total. The Kier molecular flexibility index (Phi) is 6.64. The molecule has 1 saturated heterocycles. The average Bonchev–Trinajstić information content (AvgIpc) is 3.29. The molecular formula is C21H24BrN3O3S. The Morgan fingerprint density at radius 3 is 2.62 bits per heavy atom. The zero-order chi connectivity index (χ0) is 20.2. The molecule has 0 unspecified atom stereocenters. The van der Waals surface area contributed by atoms with Gasteiger partial charge in [-0.2, -0.15) is 0 Å². The highest BCUT2D eigenvalue weighted by Gasteiger charge is 2.27. The number of amides is 2. The highest BCUT2D eigenvalue weighted by Crippen LogP contribution is 2.39. The number of carbonyl (C=O) groups excluding carboxylic acids is 2. The molecule has 2 aromatic rings. The van der Waals surface area contributed by atoms with E-state index in [1.165, 1.54) is 4.88 Å². The van der Waals surface area contributed by atoms with Crippen LogP contribution in [0.15, 0.2) is 28.7 Å². The quantitative estimate of drug-likeness (QED) is 0.661. The molecule has 2 heterocycles. The van der Waals surface area contributed by atoms with Crippen molar-refractivity contribution in [3.63, 3.8) is 0 Å². The molecule has 6 nitrogen and oxygen atoms in total. The molecule has 0 spiro atoms. The molecule has 2 amide bonds. The second-order valence-corrected chi connectivity index (χ2v) is 9.30. The molecule has 1 fully saturated rings. The fraction of sp³-hybridized carbons (Fsp3) is 0.429. The van der Waals surface area contributed by atoms with Crippen molar-refractivity contribution in [2.24, 2.45) is 0 Å². The van der Waals surface area contributed by atoms with Crippen molar-refractivity contribution < 1.29 is 14.3 Å². The zero-order valence-electron chi connectivity index (χ0n) is 16.1. The largest absolute Gasteiger partial charge is 0.379 e. The summed E-state index contributed by atoms with van der Waals surface area (Å²) in [5.74, 6) is -0.204. The first-order valence-electron chi connectivity index (χ1n) is 9.91. The Labute approximate surface area is 182 Å². The minimum Gasteiger partial charge on any atom is -0.379 e. The van der Waals surface area contributed by atoms with E-state index in [0.717, 1.165) is 61.3 Å². The van der Waals surface area contributed by atoms with Crippen LogP contribution in [0.25, 0.3) is 0 Å². The van der Waals surface area contributed by atoms with Gasteiger partial charge in [-0.3, -0.25) is 14.5 Å². The van der Waals surface area contributed by atoms with Gasteiger partial charge in [0.2, 0.25) is 5.91 Å². The van der Waals surface area contributed by atoms with E-state index in [1.807, 2.05) is 24.3 Å². The van der Waals surface area contributed by atoms with Crippen LogP contribution < -0.4 is 10.6 Å². The third-order valence-corrected chi connectivity index (χ3v) is 7.00. The molecule has 0 bridgehead atoms. The number of nitrogens with zero attached hydrogens (tertiary/aromatic N) is 1. The van der Waals surface area contributed by atoms with Crippen LogP contribution in [-0.2, 0) is 22.4 Å². The summed E-state index contributed by atoms with van der Waals surface area (Å²) in [5, 5.41) is 6.66. The van der Waals surface area contributed by atoms with E-state index in [-0.39, 0.29) is 11.8 Å². The Morgan fingerprint density at radius 1 is 1.10 bits per heavy atom. The summed E-state index contributed by atoms with van der Waals surface area (Å²) >= 11 is 4.95. The first-order valence-corrected chi connectivity index (χ1v) is 11.5. The number of rotatable bonds is 6. The molecule has 4 rings (SSSR count). The van der Waals surface area contributed by atoms with Gasteiger partial charge in [-0.05, 0) is 49.1 Å². The Balaban J connectivity index is 1.45. The maximum absolute atomic E-state index is 13.0. The van der Waals surface area contributed by atoms with E-state index in [4.69, 9.17) is 4.74 Å². The molecule has 1 aromatic heterocycles. The maximum Gasteiger partial charge on any atom is 0.258 e. The van der Waals surface area contributed by atoms with Crippen molar-refractivity contribution in [1.29, 1.82) is 0 Å². The average molecular weight is 478 g/mol. The summed E-state index contributed by atoms with van der Waals surface area (Å²) in [6.45, 7) is 3.88. The van der Waals surface area contributed by atoms with Gasteiger partial charge in [0.15, 0.2) is 0 Å². The molecule has 1 aliphatic heterocycles. The number of hydrogen-bond acceptors (Lipinski definition) is 5. The van der Waals surface area contributed by atoms with Crippen molar-refractivity contribution in [2.75, 3.05) is 43.5 Å². The fourth-order valence-electron chi connectivity index (χ4n) is 3.73. The number of thiophene rings is 1. The molecule has 0 atom stereocenters. The number of halogens is 1. The highest BCUT2D eigenvalue weighted by atomic mass is 79.9. The first-order chi connectivity index (χ1) is 14.1. The van der Waals surface area contributed by atoms with Gasteiger partial charge >= 0.3 is 0 Å². The molecular weight excluding hydrogens is 454 g/mol. The standard InChI is InChI=1S/C21H24BrN3O3S/c22-14-4-6-15(7-5-14)23-20(27)19-16-2-1-3-17(16)29-21(19)24-18(26)8-9-25-10-12-28-13-11-25/h4-7H,1-3,8-13H2,(H,23,27)(H,24,26). The molecule has 0 saturated carbocycles. The maximum atomic E-state index is 13.0. The topological polar surface area (TPSA) is 70.7 Å². The van der Waals surface area contributed by atoms with Crippen molar-refractivity contribution in [3.05, 3.63) is 44.7 Å². The van der Waals surface area contributed by atoms with E-state index in [1.54, 1.807) is 11.3 Å². The molecule has 8 heteroatoms. The smallest absolute Gasteiger partial charge is 0.258 e. The number of aryl methyl sites for hydroxylation is 1. The molecule has 154 valence electrons. The van der Waals surface area contributed by atoms with Gasteiger partial charge in [-0.15, -0.1) is 11.3 Å². The third kappa shape index (κ3) is 5.06. The lowest BCUT2D eigenvalue weighted by atomic mass is 10.1. The lowest BCUT2D eigenvalue weighted by Gasteiger charge is -2.26. The molecule has 29 heavy (non-hydrogen) atoms. The summed E-state index contributed by atoms with van der Waals surface area (Å²) in [6.07, 6.45) is 3.34. The lowest BCUT2D eigenvalue weighted by Crippen LogP contribution is -2.38. The van der Waals surface area contributed by atoms with Crippen LogP contribution in [0.4, 0.5) is 10.7 Å². The summed E-state index contributed by atoms with van der Waals surface area (Å²) in [7, 11) is 0. The highest BCUT2D eigenvalue weighted by molar-refractivity contribution is 9.10. The van der Waals surface area contributed by atoms with E-state index >= 15 is 0 Å². The minimum atomic E-state index is -0.157. The Morgan fingerprint density at radius 2 is 1.86 bits per heavy atom. The van der Waals surface area contributed by atoms with E-state index in [0.29, 0.717) is 23.5 Å². The number of nitrogens with one attached hydrogen (secondary N) is 2. The first kappa shape index (κ1) is 20.5. The van der Waals surface area contributed by atoms with Gasteiger partial charge in [-0.1, -0.05) is 15.9 Å². The normalized spacial score (nSPS) is 16.4. The summed E-state index contributed by atoms with van der Waals surface area (Å²) in [5.41, 5.74) is 2.46. The van der Waals surface area contributed by atoms with Crippen molar-refractivity contribution in [3.8, 4) is 0 Å². The van der Waals surface area contributed by atoms with Crippen LogP contribution in [0, 0.1) is 0 Å². The molecule has 2 aliphatic rings. The van der Waals surface area contributed by atoms with Gasteiger partial charge in [0.05, 0.1) is 18.8 Å². The molecule has 1 aliphatic carbocycles. The fourth-order valence-corrected chi connectivity index (χ4v) is 5.30. The second kappa shape index (κ2) is 9.38. The minimum absolute atomic E-state index is 0.0471.